The second kappa shape index (κ2) is 9.09. The topological polar surface area (TPSA) is 115 Å². The summed E-state index contributed by atoms with van der Waals surface area (Å²) in [6.07, 6.45) is 6.03. The van der Waals surface area contributed by atoms with Gasteiger partial charge in [-0.15, -0.1) is 0 Å². The monoisotopic (exact) mass is 556 g/mol. The predicted molar refractivity (Wildman–Crippen MR) is 142 cm³/mol. The second-order valence-corrected chi connectivity index (χ2v) is 13.2. The van der Waals surface area contributed by atoms with E-state index < -0.39 is 29.0 Å². The van der Waals surface area contributed by atoms with Gasteiger partial charge in [-0.2, -0.15) is 4.31 Å². The van der Waals surface area contributed by atoms with Crippen LogP contribution in [0.3, 0.4) is 0 Å². The Hall–Kier alpha value is -3.38. The molecule has 2 aromatic heterocycles. The van der Waals surface area contributed by atoms with Crippen molar-refractivity contribution in [1.29, 1.82) is 0 Å². The van der Waals surface area contributed by atoms with E-state index in [-0.39, 0.29) is 16.1 Å². The second-order valence-electron chi connectivity index (χ2n) is 11.3. The number of hydrogen-bond acceptors (Lipinski definition) is 8. The molecule has 0 amide bonds. The van der Waals surface area contributed by atoms with Crippen molar-refractivity contribution in [3.8, 4) is 16.9 Å². The van der Waals surface area contributed by atoms with Crippen molar-refractivity contribution in [3.63, 3.8) is 0 Å². The normalized spacial score (nSPS) is 20.3. The summed E-state index contributed by atoms with van der Waals surface area (Å²) in [7, 11) is -4.20. The number of anilines is 2. The van der Waals surface area contributed by atoms with Gasteiger partial charge < -0.3 is 15.4 Å². The summed E-state index contributed by atoms with van der Waals surface area (Å²) in [4.78, 5) is 15.2. The maximum absolute atomic E-state index is 13.4. The van der Waals surface area contributed by atoms with Crippen LogP contribution < -0.4 is 15.4 Å². The van der Waals surface area contributed by atoms with Crippen molar-refractivity contribution >= 4 is 21.7 Å². The number of benzene rings is 1. The molecule has 0 saturated carbocycles. The fraction of sp³-hybridized carbons (Fsp3) is 0.444. The van der Waals surface area contributed by atoms with Crippen LogP contribution in [0.25, 0.3) is 11.1 Å². The number of alkyl halides is 2. The fourth-order valence-electron chi connectivity index (χ4n) is 5.48. The molecule has 0 bridgehead atoms. The summed E-state index contributed by atoms with van der Waals surface area (Å²) in [5.74, 6) is -1.60. The van der Waals surface area contributed by atoms with Gasteiger partial charge in [0.05, 0.1) is 19.6 Å². The molecule has 2 N–H and O–H groups in total. The van der Waals surface area contributed by atoms with Crippen LogP contribution in [0.1, 0.15) is 37.1 Å². The summed E-state index contributed by atoms with van der Waals surface area (Å²) in [6, 6.07) is 7.01. The van der Waals surface area contributed by atoms with Gasteiger partial charge in [0.25, 0.3) is 5.92 Å². The number of sulfonamides is 1. The number of nitrogens with zero attached hydrogens (tertiary/aromatic N) is 5. The Morgan fingerprint density at radius 1 is 1.08 bits per heavy atom. The van der Waals surface area contributed by atoms with E-state index in [1.165, 1.54) is 17.8 Å². The number of fused-ring (bicyclic) bond motifs is 2. The lowest BCUT2D eigenvalue weighted by Crippen LogP contribution is -2.58. The van der Waals surface area contributed by atoms with Crippen LogP contribution in [0.2, 0.25) is 0 Å². The maximum atomic E-state index is 13.4. The number of halogens is 2. The summed E-state index contributed by atoms with van der Waals surface area (Å²) in [5.41, 5.74) is 10.5. The number of aromatic nitrogens is 3. The van der Waals surface area contributed by atoms with Crippen LogP contribution in [-0.4, -0.2) is 59.8 Å². The van der Waals surface area contributed by atoms with E-state index in [2.05, 4.69) is 33.7 Å². The van der Waals surface area contributed by atoms with Gasteiger partial charge in [0, 0.05) is 35.1 Å². The summed E-state index contributed by atoms with van der Waals surface area (Å²) >= 11 is 0. The van der Waals surface area contributed by atoms with Gasteiger partial charge in [-0.3, -0.25) is 0 Å². The molecule has 206 valence electrons. The molecular formula is C27H30F2N6O3S. The molecule has 2 aliphatic heterocycles. The third-order valence-electron chi connectivity index (χ3n) is 7.69. The standard InChI is InChI=1S/C27H30F2N6O3S/c1-26(2)6-5-21-20(11-26)25(33-16-32-21)34-7-8-38-22-4-3-17(9-19(22)13-34)18-10-23(24(30)31-12-18)39(36,37)35-14-27(28,29)15-35/h3-4,9-10,12,16H,5-8,11,13-15H2,1-2H3,(H2,30,31). The largest absolute Gasteiger partial charge is 0.491 e. The highest BCUT2D eigenvalue weighted by molar-refractivity contribution is 7.89. The molecule has 1 aromatic carbocycles. The van der Waals surface area contributed by atoms with E-state index >= 15 is 0 Å². The van der Waals surface area contributed by atoms with E-state index in [4.69, 9.17) is 10.5 Å². The third-order valence-corrected chi connectivity index (χ3v) is 9.51. The van der Waals surface area contributed by atoms with Gasteiger partial charge in [0.15, 0.2) is 0 Å². The minimum atomic E-state index is -4.20. The van der Waals surface area contributed by atoms with Gasteiger partial charge in [-0.1, -0.05) is 19.9 Å². The lowest BCUT2D eigenvalue weighted by atomic mass is 9.76. The SMILES string of the molecule is CC1(C)CCc2ncnc(N3CCOc4ccc(-c5cnc(N)c(S(=O)(=O)N6CC(F)(F)C6)c5)cc4C3)c2C1. The number of nitrogens with two attached hydrogens (primary N) is 1. The van der Waals surface area contributed by atoms with Gasteiger partial charge in [-0.05, 0) is 48.4 Å². The van der Waals surface area contributed by atoms with Gasteiger partial charge in [0.1, 0.15) is 35.2 Å². The van der Waals surface area contributed by atoms with Gasteiger partial charge in [-0.25, -0.2) is 32.2 Å². The smallest absolute Gasteiger partial charge is 0.275 e. The van der Waals surface area contributed by atoms with E-state index in [0.29, 0.717) is 30.8 Å². The van der Waals surface area contributed by atoms with E-state index in [1.807, 2.05) is 18.2 Å². The molecule has 1 aliphatic carbocycles. The molecule has 0 spiro atoms. The molecular weight excluding hydrogens is 526 g/mol. The van der Waals surface area contributed by atoms with Crippen molar-refractivity contribution in [2.24, 2.45) is 5.41 Å². The highest BCUT2D eigenvalue weighted by atomic mass is 32.2. The van der Waals surface area contributed by atoms with Crippen LogP contribution in [0.5, 0.6) is 5.75 Å². The Morgan fingerprint density at radius 3 is 2.64 bits per heavy atom. The molecule has 9 nitrogen and oxygen atoms in total. The Morgan fingerprint density at radius 2 is 1.87 bits per heavy atom. The van der Waals surface area contributed by atoms with Crippen LogP contribution in [0.15, 0.2) is 41.7 Å². The van der Waals surface area contributed by atoms with Gasteiger partial charge in [0.2, 0.25) is 10.0 Å². The molecule has 4 heterocycles. The maximum Gasteiger partial charge on any atom is 0.275 e. The van der Waals surface area contributed by atoms with E-state index in [0.717, 1.165) is 46.4 Å². The lowest BCUT2D eigenvalue weighted by Gasteiger charge is -2.37. The number of rotatable bonds is 4. The zero-order chi connectivity index (χ0) is 27.6. The van der Waals surface area contributed by atoms with Crippen LogP contribution in [0, 0.1) is 5.41 Å². The van der Waals surface area contributed by atoms with Crippen molar-refractivity contribution < 1.29 is 21.9 Å². The predicted octanol–water partition coefficient (Wildman–Crippen LogP) is 3.67. The lowest BCUT2D eigenvalue weighted by molar-refractivity contribution is -0.0945. The summed E-state index contributed by atoms with van der Waals surface area (Å²) in [5, 5.41) is 0. The van der Waals surface area contributed by atoms with Crippen LogP contribution >= 0.6 is 0 Å². The Labute approximate surface area is 226 Å². The first kappa shape index (κ1) is 25.9. The van der Waals surface area contributed by atoms with Gasteiger partial charge >= 0.3 is 0 Å². The first-order chi connectivity index (χ1) is 18.4. The molecule has 39 heavy (non-hydrogen) atoms. The molecule has 1 fully saturated rings. The highest BCUT2D eigenvalue weighted by Gasteiger charge is 2.50. The van der Waals surface area contributed by atoms with Crippen molar-refractivity contribution in [3.05, 3.63) is 53.6 Å². The zero-order valence-corrected chi connectivity index (χ0v) is 22.6. The molecule has 6 rings (SSSR count). The number of nitrogen functional groups attached to an aromatic ring is 1. The van der Waals surface area contributed by atoms with E-state index in [1.54, 1.807) is 6.33 Å². The zero-order valence-electron chi connectivity index (χ0n) is 21.8. The minimum absolute atomic E-state index is 0.173. The van der Waals surface area contributed by atoms with Crippen molar-refractivity contribution in [1.82, 2.24) is 19.3 Å². The first-order valence-corrected chi connectivity index (χ1v) is 14.3. The number of pyridine rings is 1. The molecule has 1 saturated heterocycles. The van der Waals surface area contributed by atoms with Crippen LogP contribution in [0.4, 0.5) is 20.4 Å². The van der Waals surface area contributed by atoms with E-state index in [9.17, 15) is 17.2 Å². The molecule has 0 atom stereocenters. The average Bonchev–Trinajstić information content (AvgIpc) is 3.08. The number of ether oxygens (including phenoxy) is 1. The Balaban J connectivity index is 1.32. The Kier molecular flexibility index (Phi) is 6.03. The molecule has 3 aliphatic rings. The summed E-state index contributed by atoms with van der Waals surface area (Å²) in [6.45, 7) is 4.49. The van der Waals surface area contributed by atoms with Crippen LogP contribution in [-0.2, 0) is 29.4 Å². The number of hydrogen-bond donors (Lipinski definition) is 1. The minimum Gasteiger partial charge on any atom is -0.491 e. The van der Waals surface area contributed by atoms with Crippen molar-refractivity contribution in [2.75, 3.05) is 36.9 Å². The van der Waals surface area contributed by atoms with Crippen molar-refractivity contribution in [2.45, 2.75) is 50.5 Å². The molecule has 0 radical (unpaired) electrons. The number of aryl methyl sites for hydroxylation is 1. The summed E-state index contributed by atoms with van der Waals surface area (Å²) < 4.78 is 59.5. The highest BCUT2D eigenvalue weighted by Crippen LogP contribution is 2.39. The molecule has 12 heteroatoms. The first-order valence-electron chi connectivity index (χ1n) is 12.9. The molecule has 3 aromatic rings. The average molecular weight is 557 g/mol. The molecule has 0 unspecified atom stereocenters. The Bertz CT molecular complexity index is 1560. The fourth-order valence-corrected chi connectivity index (χ4v) is 7.07. The quantitative estimate of drug-likeness (QED) is 0.518. The third kappa shape index (κ3) is 4.80.